The third-order valence-electron chi connectivity index (χ3n) is 2.00. The second kappa shape index (κ2) is 3.93. The molecule has 84 valence electrons. The molecule has 0 unspecified atom stereocenters. The molecule has 2 heterocycles. The van der Waals surface area contributed by atoms with Gasteiger partial charge in [0.05, 0.1) is 12.5 Å². The van der Waals surface area contributed by atoms with Gasteiger partial charge in [0.15, 0.2) is 5.03 Å². The van der Waals surface area contributed by atoms with E-state index in [4.69, 9.17) is 0 Å². The number of H-pyrrole nitrogens is 1. The summed E-state index contributed by atoms with van der Waals surface area (Å²) in [6.07, 6.45) is 4.07. The molecule has 0 aromatic carbocycles. The van der Waals surface area contributed by atoms with Gasteiger partial charge in [0.2, 0.25) is 0 Å². The van der Waals surface area contributed by atoms with Gasteiger partial charge in [-0.3, -0.25) is 4.72 Å². The molecule has 0 aliphatic rings. The van der Waals surface area contributed by atoms with Gasteiger partial charge in [-0.2, -0.15) is 8.42 Å². The van der Waals surface area contributed by atoms with Crippen LogP contribution < -0.4 is 4.72 Å². The van der Waals surface area contributed by atoms with Crippen molar-refractivity contribution in [1.29, 1.82) is 0 Å². The number of aromatic amines is 1. The van der Waals surface area contributed by atoms with E-state index in [1.165, 1.54) is 18.7 Å². The van der Waals surface area contributed by atoms with Crippen LogP contribution in [0.25, 0.3) is 0 Å². The molecule has 2 N–H and O–H groups in total. The fourth-order valence-electron chi connectivity index (χ4n) is 1.16. The van der Waals surface area contributed by atoms with E-state index < -0.39 is 10.0 Å². The zero-order valence-corrected chi connectivity index (χ0v) is 9.32. The second-order valence-electron chi connectivity index (χ2n) is 3.19. The summed E-state index contributed by atoms with van der Waals surface area (Å²) < 4.78 is 26.0. The highest BCUT2D eigenvalue weighted by atomic mass is 32.2. The molecular formula is C9H10N4O2S. The lowest BCUT2D eigenvalue weighted by molar-refractivity contribution is 0.598. The first-order valence-electron chi connectivity index (χ1n) is 4.52. The Morgan fingerprint density at radius 3 is 2.88 bits per heavy atom. The molecule has 0 saturated heterocycles. The fourth-order valence-corrected chi connectivity index (χ4v) is 2.15. The first-order valence-corrected chi connectivity index (χ1v) is 6.01. The number of pyridine rings is 1. The van der Waals surface area contributed by atoms with Gasteiger partial charge in [-0.1, -0.05) is 6.07 Å². The summed E-state index contributed by atoms with van der Waals surface area (Å²) >= 11 is 0. The molecular weight excluding hydrogens is 228 g/mol. The first kappa shape index (κ1) is 10.6. The van der Waals surface area contributed by atoms with Crippen molar-refractivity contribution in [3.63, 3.8) is 0 Å². The summed E-state index contributed by atoms with van der Waals surface area (Å²) in [6.45, 7) is 1.78. The van der Waals surface area contributed by atoms with Crippen LogP contribution in [0.4, 0.5) is 5.82 Å². The van der Waals surface area contributed by atoms with Crippen molar-refractivity contribution in [2.45, 2.75) is 11.9 Å². The average Bonchev–Trinajstić information content (AvgIpc) is 2.75. The number of anilines is 1. The first-order chi connectivity index (χ1) is 7.59. The highest BCUT2D eigenvalue weighted by molar-refractivity contribution is 7.92. The van der Waals surface area contributed by atoms with Gasteiger partial charge >= 0.3 is 0 Å². The Labute approximate surface area is 92.8 Å². The van der Waals surface area contributed by atoms with Crippen LogP contribution in [0.5, 0.6) is 0 Å². The minimum Gasteiger partial charge on any atom is -0.334 e. The van der Waals surface area contributed by atoms with Crippen molar-refractivity contribution in [3.05, 3.63) is 36.4 Å². The van der Waals surface area contributed by atoms with Gasteiger partial charge < -0.3 is 4.98 Å². The number of nitrogens with zero attached hydrogens (tertiary/aromatic N) is 2. The molecule has 16 heavy (non-hydrogen) atoms. The summed E-state index contributed by atoms with van der Waals surface area (Å²) in [6, 6.07) is 3.52. The Morgan fingerprint density at radius 2 is 2.25 bits per heavy atom. The lowest BCUT2D eigenvalue weighted by Crippen LogP contribution is -2.15. The molecule has 0 saturated carbocycles. The minimum atomic E-state index is -3.62. The molecule has 0 spiro atoms. The summed E-state index contributed by atoms with van der Waals surface area (Å²) in [5.41, 5.74) is 0.755. The number of nitrogens with one attached hydrogen (secondary N) is 2. The van der Waals surface area contributed by atoms with Crippen molar-refractivity contribution in [2.24, 2.45) is 0 Å². The van der Waals surface area contributed by atoms with E-state index in [9.17, 15) is 8.42 Å². The summed E-state index contributed by atoms with van der Waals surface area (Å²) in [5, 5.41) is 0.0116. The van der Waals surface area contributed by atoms with E-state index in [-0.39, 0.29) is 5.03 Å². The number of rotatable bonds is 3. The topological polar surface area (TPSA) is 87.7 Å². The molecule has 7 heteroatoms. The van der Waals surface area contributed by atoms with Crippen molar-refractivity contribution < 1.29 is 8.42 Å². The number of sulfonamides is 1. The lowest BCUT2D eigenvalue weighted by Gasteiger charge is -2.06. The molecule has 0 radical (unpaired) electrons. The van der Waals surface area contributed by atoms with Gasteiger partial charge in [-0.15, -0.1) is 0 Å². The SMILES string of the molecule is Cc1cccnc1NS(=O)(=O)c1cnc[nH]1. The predicted molar refractivity (Wildman–Crippen MR) is 58.4 cm³/mol. The maximum absolute atomic E-state index is 11.8. The second-order valence-corrected chi connectivity index (χ2v) is 4.84. The largest absolute Gasteiger partial charge is 0.334 e. The zero-order chi connectivity index (χ0) is 11.6. The van der Waals surface area contributed by atoms with Gasteiger partial charge in [-0.05, 0) is 18.6 Å². The van der Waals surface area contributed by atoms with E-state index in [1.807, 2.05) is 0 Å². The smallest absolute Gasteiger partial charge is 0.280 e. The lowest BCUT2D eigenvalue weighted by atomic mass is 10.3. The van der Waals surface area contributed by atoms with E-state index in [0.717, 1.165) is 5.56 Å². The normalized spacial score (nSPS) is 11.3. The van der Waals surface area contributed by atoms with Crippen molar-refractivity contribution in [1.82, 2.24) is 15.0 Å². The number of hydrogen-bond acceptors (Lipinski definition) is 4. The van der Waals surface area contributed by atoms with Crippen molar-refractivity contribution in [2.75, 3.05) is 4.72 Å². The third-order valence-corrected chi connectivity index (χ3v) is 3.27. The summed E-state index contributed by atoms with van der Waals surface area (Å²) in [7, 11) is -3.62. The van der Waals surface area contributed by atoms with Gasteiger partial charge in [0.25, 0.3) is 10.0 Å². The highest BCUT2D eigenvalue weighted by Crippen LogP contribution is 2.14. The van der Waals surface area contributed by atoms with E-state index >= 15 is 0 Å². The zero-order valence-electron chi connectivity index (χ0n) is 8.51. The van der Waals surface area contributed by atoms with Crippen LogP contribution in [0.1, 0.15) is 5.56 Å². The van der Waals surface area contributed by atoms with Crippen molar-refractivity contribution in [3.8, 4) is 0 Å². The molecule has 0 aliphatic heterocycles. The number of aromatic nitrogens is 3. The van der Waals surface area contributed by atoms with Gasteiger partial charge in [0, 0.05) is 6.20 Å². The Kier molecular flexibility index (Phi) is 2.61. The molecule has 6 nitrogen and oxygen atoms in total. The average molecular weight is 238 g/mol. The van der Waals surface area contributed by atoms with Crippen LogP contribution in [0.3, 0.4) is 0 Å². The maximum Gasteiger partial charge on any atom is 0.280 e. The fraction of sp³-hybridized carbons (Fsp3) is 0.111. The van der Waals surface area contributed by atoms with Crippen LogP contribution >= 0.6 is 0 Å². The molecule has 2 aromatic rings. The monoisotopic (exact) mass is 238 g/mol. The van der Waals surface area contributed by atoms with Crippen LogP contribution in [0.15, 0.2) is 35.9 Å². The molecule has 0 aliphatic carbocycles. The Morgan fingerprint density at radius 1 is 1.44 bits per heavy atom. The Balaban J connectivity index is 2.33. The van der Waals surface area contributed by atoms with Gasteiger partial charge in [-0.25, -0.2) is 9.97 Å². The standard InChI is InChI=1S/C9H10N4O2S/c1-7-3-2-4-11-9(7)13-16(14,15)8-5-10-6-12-8/h2-6H,1H3,(H,10,12)(H,11,13). The predicted octanol–water partition coefficient (Wildman–Crippen LogP) is 0.914. The van der Waals surface area contributed by atoms with Crippen LogP contribution in [-0.4, -0.2) is 23.4 Å². The van der Waals surface area contributed by atoms with E-state index in [1.54, 1.807) is 19.1 Å². The maximum atomic E-state index is 11.8. The van der Waals surface area contributed by atoms with E-state index in [0.29, 0.717) is 5.82 Å². The Bertz CT molecular complexity index is 577. The Hall–Kier alpha value is -1.89. The van der Waals surface area contributed by atoms with Gasteiger partial charge in [0.1, 0.15) is 5.82 Å². The van der Waals surface area contributed by atoms with Crippen LogP contribution in [-0.2, 0) is 10.0 Å². The molecule has 2 aromatic heterocycles. The third kappa shape index (κ3) is 2.03. The number of hydrogen-bond donors (Lipinski definition) is 2. The molecule has 0 amide bonds. The molecule has 2 rings (SSSR count). The summed E-state index contributed by atoms with van der Waals surface area (Å²) in [5.74, 6) is 0.317. The number of aryl methyl sites for hydroxylation is 1. The molecule has 0 bridgehead atoms. The van der Waals surface area contributed by atoms with Crippen LogP contribution in [0.2, 0.25) is 0 Å². The number of imidazole rings is 1. The quantitative estimate of drug-likeness (QED) is 0.832. The minimum absolute atomic E-state index is 0.0116. The van der Waals surface area contributed by atoms with Crippen LogP contribution in [0, 0.1) is 6.92 Å². The highest BCUT2D eigenvalue weighted by Gasteiger charge is 2.16. The molecule has 0 atom stereocenters. The summed E-state index contributed by atoms with van der Waals surface area (Å²) in [4.78, 5) is 10.1. The van der Waals surface area contributed by atoms with E-state index in [2.05, 4.69) is 19.7 Å². The molecule has 0 fully saturated rings. The van der Waals surface area contributed by atoms with Crippen molar-refractivity contribution >= 4 is 15.8 Å².